The fourth-order valence-corrected chi connectivity index (χ4v) is 5.39. The van der Waals surface area contributed by atoms with E-state index < -0.39 is 9.84 Å². The minimum Gasteiger partial charge on any atom is -0.451 e. The molecule has 2 saturated heterocycles. The number of amides is 1. The van der Waals surface area contributed by atoms with Gasteiger partial charge in [-0.05, 0) is 31.4 Å². The smallest absolute Gasteiger partial charge is 0.289 e. The summed E-state index contributed by atoms with van der Waals surface area (Å²) < 4.78 is 35.2. The first-order valence-corrected chi connectivity index (χ1v) is 10.5. The van der Waals surface area contributed by atoms with E-state index in [2.05, 4.69) is 0 Å². The van der Waals surface area contributed by atoms with Crippen molar-refractivity contribution in [1.29, 1.82) is 0 Å². The summed E-state index contributed by atoms with van der Waals surface area (Å²) >= 11 is 0. The molecule has 0 N–H and O–H groups in total. The van der Waals surface area contributed by atoms with Crippen molar-refractivity contribution in [2.75, 3.05) is 24.7 Å². The van der Waals surface area contributed by atoms with Crippen LogP contribution in [0.2, 0.25) is 0 Å². The number of ether oxygens (including phenoxy) is 1. The summed E-state index contributed by atoms with van der Waals surface area (Å²) in [6.45, 7) is 1.11. The molecule has 3 heterocycles. The molecule has 0 unspecified atom stereocenters. The van der Waals surface area contributed by atoms with E-state index in [1.807, 2.05) is 24.3 Å². The van der Waals surface area contributed by atoms with Crippen molar-refractivity contribution in [3.05, 3.63) is 36.1 Å². The van der Waals surface area contributed by atoms with Crippen molar-refractivity contribution >= 4 is 26.7 Å². The number of sulfone groups is 1. The molecule has 2 fully saturated rings. The molecule has 2 aliphatic rings. The zero-order chi connectivity index (χ0) is 17.4. The first-order valence-electron chi connectivity index (χ1n) is 8.63. The second-order valence-electron chi connectivity index (χ2n) is 6.80. The molecular weight excluding hydrogens is 342 g/mol. The molecule has 25 heavy (non-hydrogen) atoms. The predicted molar refractivity (Wildman–Crippen MR) is 93.3 cm³/mol. The maximum absolute atomic E-state index is 13.1. The molecule has 2 aromatic rings. The third kappa shape index (κ3) is 3.43. The number of carbonyl (C=O) groups excluding carboxylic acids is 1. The van der Waals surface area contributed by atoms with Gasteiger partial charge in [-0.1, -0.05) is 18.2 Å². The lowest BCUT2D eigenvalue weighted by molar-refractivity contribution is 0.0420. The highest BCUT2D eigenvalue weighted by Crippen LogP contribution is 2.26. The van der Waals surface area contributed by atoms with Crippen LogP contribution in [-0.2, 0) is 14.6 Å². The first kappa shape index (κ1) is 16.6. The van der Waals surface area contributed by atoms with Crippen LogP contribution >= 0.6 is 0 Å². The van der Waals surface area contributed by atoms with Gasteiger partial charge in [-0.3, -0.25) is 4.79 Å². The Balaban J connectivity index is 1.62. The molecule has 1 aromatic carbocycles. The van der Waals surface area contributed by atoms with Gasteiger partial charge in [0.25, 0.3) is 5.91 Å². The van der Waals surface area contributed by atoms with Gasteiger partial charge in [0.2, 0.25) is 0 Å². The van der Waals surface area contributed by atoms with Gasteiger partial charge in [-0.15, -0.1) is 0 Å². The van der Waals surface area contributed by atoms with Crippen molar-refractivity contribution in [2.24, 2.45) is 0 Å². The third-order valence-electron chi connectivity index (χ3n) is 4.97. The molecule has 1 aromatic heterocycles. The van der Waals surface area contributed by atoms with Crippen LogP contribution in [-0.4, -0.2) is 56.0 Å². The molecule has 0 spiro atoms. The molecule has 0 bridgehead atoms. The lowest BCUT2D eigenvalue weighted by atomic mass is 10.1. The Kier molecular flexibility index (Phi) is 4.29. The lowest BCUT2D eigenvalue weighted by Gasteiger charge is -2.29. The summed E-state index contributed by atoms with van der Waals surface area (Å²) in [5, 5.41) is 0.863. The van der Waals surface area contributed by atoms with E-state index >= 15 is 0 Å². The maximum atomic E-state index is 13.1. The van der Waals surface area contributed by atoms with Crippen molar-refractivity contribution < 1.29 is 22.4 Å². The average Bonchev–Trinajstić information content (AvgIpc) is 3.30. The van der Waals surface area contributed by atoms with E-state index in [-0.39, 0.29) is 35.3 Å². The molecule has 2 aliphatic heterocycles. The van der Waals surface area contributed by atoms with Crippen LogP contribution < -0.4 is 0 Å². The molecule has 0 radical (unpaired) electrons. The molecule has 4 rings (SSSR count). The second-order valence-corrected chi connectivity index (χ2v) is 9.03. The Morgan fingerprint density at radius 2 is 2.08 bits per heavy atom. The van der Waals surface area contributed by atoms with Crippen molar-refractivity contribution in [1.82, 2.24) is 4.90 Å². The summed E-state index contributed by atoms with van der Waals surface area (Å²) in [5.74, 6) is 0.149. The van der Waals surface area contributed by atoms with Gasteiger partial charge in [0.05, 0.1) is 17.6 Å². The Hall–Kier alpha value is -1.86. The standard InChI is InChI=1S/C18H21NO5S/c20-18(17-10-13-4-1-2-6-16(13)24-17)19(11-15-5-3-8-23-15)14-7-9-25(21,22)12-14/h1-2,4,6,10,14-15H,3,5,7-9,11-12H2/t14-,15+/m1/s1. The molecule has 0 saturated carbocycles. The quantitative estimate of drug-likeness (QED) is 0.833. The van der Waals surface area contributed by atoms with Crippen LogP contribution in [0.3, 0.4) is 0 Å². The van der Waals surface area contributed by atoms with Gasteiger partial charge in [0, 0.05) is 24.6 Å². The van der Waals surface area contributed by atoms with E-state index in [0.29, 0.717) is 25.2 Å². The predicted octanol–water partition coefficient (Wildman–Crippen LogP) is 2.24. The second kappa shape index (κ2) is 6.46. The van der Waals surface area contributed by atoms with Gasteiger partial charge in [0.15, 0.2) is 15.6 Å². The summed E-state index contributed by atoms with van der Waals surface area (Å²) in [6, 6.07) is 8.86. The largest absolute Gasteiger partial charge is 0.451 e. The van der Waals surface area contributed by atoms with Crippen LogP contribution in [0.25, 0.3) is 11.0 Å². The van der Waals surface area contributed by atoms with E-state index in [1.165, 1.54) is 0 Å². The van der Waals surface area contributed by atoms with E-state index in [1.54, 1.807) is 11.0 Å². The van der Waals surface area contributed by atoms with Crippen molar-refractivity contribution in [3.63, 3.8) is 0 Å². The highest BCUT2D eigenvalue weighted by atomic mass is 32.2. The SMILES string of the molecule is O=C(c1cc2ccccc2o1)N(C[C@@H]1CCCO1)[C@@H]1CCS(=O)(=O)C1. The number of fused-ring (bicyclic) bond motifs is 1. The summed E-state index contributed by atoms with van der Waals surface area (Å²) in [7, 11) is -3.08. The molecule has 0 aliphatic carbocycles. The first-order chi connectivity index (χ1) is 12.0. The Morgan fingerprint density at radius 3 is 2.76 bits per heavy atom. The lowest BCUT2D eigenvalue weighted by Crippen LogP contribution is -2.45. The molecular formula is C18H21NO5S. The van der Waals surface area contributed by atoms with Gasteiger partial charge < -0.3 is 14.1 Å². The highest BCUT2D eigenvalue weighted by molar-refractivity contribution is 7.91. The minimum absolute atomic E-state index is 0.0195. The Morgan fingerprint density at radius 1 is 1.24 bits per heavy atom. The van der Waals surface area contributed by atoms with E-state index in [0.717, 1.165) is 18.2 Å². The maximum Gasteiger partial charge on any atom is 0.289 e. The van der Waals surface area contributed by atoms with Crippen LogP contribution in [0, 0.1) is 0 Å². The van der Waals surface area contributed by atoms with E-state index in [4.69, 9.17) is 9.15 Å². The Bertz CT molecular complexity index is 849. The third-order valence-corrected chi connectivity index (χ3v) is 6.72. The van der Waals surface area contributed by atoms with E-state index in [9.17, 15) is 13.2 Å². The van der Waals surface area contributed by atoms with Crippen molar-refractivity contribution in [2.45, 2.75) is 31.4 Å². The van der Waals surface area contributed by atoms with Crippen LogP contribution in [0.1, 0.15) is 29.8 Å². The van der Waals surface area contributed by atoms with Crippen LogP contribution in [0.15, 0.2) is 34.7 Å². The van der Waals surface area contributed by atoms with Crippen LogP contribution in [0.5, 0.6) is 0 Å². The number of nitrogens with zero attached hydrogens (tertiary/aromatic N) is 1. The highest BCUT2D eigenvalue weighted by Gasteiger charge is 2.37. The molecule has 1 amide bonds. The fourth-order valence-electron chi connectivity index (χ4n) is 3.66. The topological polar surface area (TPSA) is 76.8 Å². The number of hydrogen-bond donors (Lipinski definition) is 0. The number of benzene rings is 1. The summed E-state index contributed by atoms with van der Waals surface area (Å²) in [5.41, 5.74) is 0.655. The molecule has 7 heteroatoms. The number of hydrogen-bond acceptors (Lipinski definition) is 5. The Labute approximate surface area is 146 Å². The molecule has 134 valence electrons. The zero-order valence-electron chi connectivity index (χ0n) is 13.9. The van der Waals surface area contributed by atoms with Crippen molar-refractivity contribution in [3.8, 4) is 0 Å². The van der Waals surface area contributed by atoms with Gasteiger partial charge in [-0.2, -0.15) is 0 Å². The summed E-state index contributed by atoms with van der Waals surface area (Å²) in [4.78, 5) is 14.7. The fraction of sp³-hybridized carbons (Fsp3) is 0.500. The number of carbonyl (C=O) groups is 1. The van der Waals surface area contributed by atoms with Gasteiger partial charge in [0.1, 0.15) is 5.58 Å². The van der Waals surface area contributed by atoms with Crippen LogP contribution in [0.4, 0.5) is 0 Å². The zero-order valence-corrected chi connectivity index (χ0v) is 14.7. The molecule has 2 atom stereocenters. The monoisotopic (exact) mass is 363 g/mol. The molecule has 6 nitrogen and oxygen atoms in total. The number of para-hydroxylation sites is 1. The summed E-state index contributed by atoms with van der Waals surface area (Å²) in [6.07, 6.45) is 2.31. The van der Waals surface area contributed by atoms with Gasteiger partial charge >= 0.3 is 0 Å². The number of furan rings is 1. The number of rotatable bonds is 4. The average molecular weight is 363 g/mol. The normalized spacial score (nSPS) is 25.4. The minimum atomic E-state index is -3.08. The van der Waals surface area contributed by atoms with Gasteiger partial charge in [-0.25, -0.2) is 8.42 Å².